The first-order valence-corrected chi connectivity index (χ1v) is 14.2. The summed E-state index contributed by atoms with van der Waals surface area (Å²) in [5.41, 5.74) is 1.65. The zero-order chi connectivity index (χ0) is 26.1. The maximum atomic E-state index is 12.7. The Bertz CT molecular complexity index is 1530. The van der Waals surface area contributed by atoms with Crippen LogP contribution in [0.25, 0.3) is 0 Å². The fourth-order valence-electron chi connectivity index (χ4n) is 3.36. The second-order valence-electron chi connectivity index (χ2n) is 7.95. The SMILES string of the molecule is Cc1ccc(NS(=O)(=O)c2ccc(NC(=O)CN(c3ccc4c(c3)OCO4)S(C)(=O)=O)cc2)cc1Cl. The van der Waals surface area contributed by atoms with Crippen LogP contribution < -0.4 is 23.8 Å². The number of sulfonamides is 2. The van der Waals surface area contributed by atoms with Gasteiger partial charge in [-0.25, -0.2) is 16.8 Å². The molecule has 0 aliphatic carbocycles. The first-order valence-electron chi connectivity index (χ1n) is 10.5. The summed E-state index contributed by atoms with van der Waals surface area (Å²) in [6.45, 7) is 1.32. The molecule has 3 aromatic carbocycles. The van der Waals surface area contributed by atoms with E-state index in [1.165, 1.54) is 42.5 Å². The fraction of sp³-hybridized carbons (Fsp3) is 0.174. The van der Waals surface area contributed by atoms with E-state index in [0.717, 1.165) is 16.1 Å². The van der Waals surface area contributed by atoms with Gasteiger partial charge in [-0.2, -0.15) is 0 Å². The topological polar surface area (TPSA) is 131 Å². The summed E-state index contributed by atoms with van der Waals surface area (Å²) < 4.78 is 64.0. The summed E-state index contributed by atoms with van der Waals surface area (Å²) in [4.78, 5) is 12.6. The number of carbonyl (C=O) groups is 1. The molecule has 13 heteroatoms. The highest BCUT2D eigenvalue weighted by atomic mass is 35.5. The quantitative estimate of drug-likeness (QED) is 0.437. The number of halogens is 1. The monoisotopic (exact) mass is 551 g/mol. The van der Waals surface area contributed by atoms with Crippen molar-refractivity contribution in [3.05, 3.63) is 71.2 Å². The van der Waals surface area contributed by atoms with Crippen LogP contribution in [-0.2, 0) is 24.8 Å². The fourth-order valence-corrected chi connectivity index (χ4v) is 5.44. The molecule has 1 heterocycles. The minimum atomic E-state index is -3.90. The smallest absolute Gasteiger partial charge is 0.261 e. The van der Waals surface area contributed by atoms with Gasteiger partial charge in [-0.1, -0.05) is 17.7 Å². The number of amides is 1. The Hall–Kier alpha value is -3.48. The standard InChI is InChI=1S/C23H22ClN3O7S2/c1-15-3-4-17(11-20(15)24)26-36(31,32)19-8-5-16(6-9-19)25-23(28)13-27(35(2,29)30)18-7-10-21-22(12-18)34-14-33-21/h3-12,26H,13-14H2,1-2H3,(H,25,28). The molecule has 0 bridgehead atoms. The van der Waals surface area contributed by atoms with E-state index >= 15 is 0 Å². The largest absolute Gasteiger partial charge is 0.454 e. The van der Waals surface area contributed by atoms with Crippen LogP contribution in [0.15, 0.2) is 65.6 Å². The molecule has 1 aliphatic heterocycles. The molecule has 0 unspecified atom stereocenters. The maximum absolute atomic E-state index is 12.7. The van der Waals surface area contributed by atoms with Gasteiger partial charge in [0.05, 0.1) is 22.5 Å². The molecule has 1 amide bonds. The van der Waals surface area contributed by atoms with Gasteiger partial charge in [-0.3, -0.25) is 13.8 Å². The van der Waals surface area contributed by atoms with Crippen molar-refractivity contribution in [3.63, 3.8) is 0 Å². The Morgan fingerprint density at radius 2 is 1.61 bits per heavy atom. The average molecular weight is 552 g/mol. The Kier molecular flexibility index (Phi) is 7.03. The molecule has 190 valence electrons. The van der Waals surface area contributed by atoms with Gasteiger partial charge in [0.25, 0.3) is 10.0 Å². The molecule has 10 nitrogen and oxygen atoms in total. The first kappa shape index (κ1) is 25.6. The van der Waals surface area contributed by atoms with Crippen LogP contribution in [0, 0.1) is 6.92 Å². The van der Waals surface area contributed by atoms with Crippen LogP contribution in [0.1, 0.15) is 5.56 Å². The average Bonchev–Trinajstić information content (AvgIpc) is 3.27. The predicted molar refractivity (Wildman–Crippen MR) is 137 cm³/mol. The van der Waals surface area contributed by atoms with Crippen LogP contribution in [0.3, 0.4) is 0 Å². The number of ether oxygens (including phenoxy) is 2. The third kappa shape index (κ3) is 5.83. The Morgan fingerprint density at radius 1 is 0.944 bits per heavy atom. The van der Waals surface area contributed by atoms with Gasteiger partial charge < -0.3 is 14.8 Å². The van der Waals surface area contributed by atoms with E-state index in [9.17, 15) is 21.6 Å². The molecule has 0 spiro atoms. The molecular weight excluding hydrogens is 530 g/mol. The third-order valence-corrected chi connectivity index (χ3v) is 8.15. The van der Waals surface area contributed by atoms with E-state index in [-0.39, 0.29) is 23.1 Å². The number of hydrogen-bond acceptors (Lipinski definition) is 7. The van der Waals surface area contributed by atoms with E-state index in [4.69, 9.17) is 21.1 Å². The minimum absolute atomic E-state index is 0.0259. The second-order valence-corrected chi connectivity index (χ2v) is 11.9. The predicted octanol–water partition coefficient (Wildman–Crippen LogP) is 3.58. The zero-order valence-electron chi connectivity index (χ0n) is 19.2. The molecule has 36 heavy (non-hydrogen) atoms. The summed E-state index contributed by atoms with van der Waals surface area (Å²) >= 11 is 6.06. The zero-order valence-corrected chi connectivity index (χ0v) is 21.6. The van der Waals surface area contributed by atoms with Crippen molar-refractivity contribution in [1.82, 2.24) is 0 Å². The molecule has 0 aromatic heterocycles. The Labute approximate surface area is 213 Å². The second kappa shape index (κ2) is 9.88. The number of hydrogen-bond donors (Lipinski definition) is 2. The Morgan fingerprint density at radius 3 is 2.28 bits per heavy atom. The number of nitrogens with one attached hydrogen (secondary N) is 2. The summed E-state index contributed by atoms with van der Waals surface area (Å²) in [6.07, 6.45) is 0.985. The van der Waals surface area contributed by atoms with Crippen molar-refractivity contribution < 1.29 is 31.1 Å². The lowest BCUT2D eigenvalue weighted by atomic mass is 10.2. The van der Waals surface area contributed by atoms with Gasteiger partial charge >= 0.3 is 0 Å². The molecule has 0 saturated heterocycles. The van der Waals surface area contributed by atoms with Crippen LogP contribution >= 0.6 is 11.6 Å². The molecule has 0 atom stereocenters. The number of anilines is 3. The van der Waals surface area contributed by atoms with Crippen LogP contribution in [0.4, 0.5) is 17.1 Å². The van der Waals surface area contributed by atoms with Crippen molar-refractivity contribution in [2.45, 2.75) is 11.8 Å². The lowest BCUT2D eigenvalue weighted by Gasteiger charge is -2.22. The van der Waals surface area contributed by atoms with Crippen molar-refractivity contribution in [1.29, 1.82) is 0 Å². The van der Waals surface area contributed by atoms with E-state index in [0.29, 0.717) is 22.2 Å². The van der Waals surface area contributed by atoms with Crippen LogP contribution in [-0.4, -0.2) is 42.3 Å². The van der Waals surface area contributed by atoms with Gasteiger partial charge in [0.2, 0.25) is 22.7 Å². The number of benzene rings is 3. The van der Waals surface area contributed by atoms with Gasteiger partial charge in [0.1, 0.15) is 6.54 Å². The first-order chi connectivity index (χ1) is 16.9. The highest BCUT2D eigenvalue weighted by molar-refractivity contribution is 7.92. The summed E-state index contributed by atoms with van der Waals surface area (Å²) in [5, 5.41) is 3.00. The van der Waals surface area contributed by atoms with Crippen molar-refractivity contribution in [3.8, 4) is 11.5 Å². The van der Waals surface area contributed by atoms with Gasteiger partial charge in [-0.05, 0) is 61.0 Å². The van der Waals surface area contributed by atoms with Crippen molar-refractivity contribution in [2.75, 3.05) is 33.9 Å². The van der Waals surface area contributed by atoms with E-state index in [1.807, 2.05) is 0 Å². The molecular formula is C23H22ClN3O7S2. The lowest BCUT2D eigenvalue weighted by Crippen LogP contribution is -2.37. The highest BCUT2D eigenvalue weighted by Crippen LogP contribution is 2.36. The van der Waals surface area contributed by atoms with E-state index < -0.39 is 32.5 Å². The number of carbonyl (C=O) groups excluding carboxylic acids is 1. The van der Waals surface area contributed by atoms with E-state index in [2.05, 4.69) is 10.0 Å². The van der Waals surface area contributed by atoms with Crippen molar-refractivity contribution in [2.24, 2.45) is 0 Å². The van der Waals surface area contributed by atoms with Gasteiger partial charge in [0.15, 0.2) is 11.5 Å². The molecule has 0 fully saturated rings. The molecule has 3 aromatic rings. The minimum Gasteiger partial charge on any atom is -0.454 e. The molecule has 4 rings (SSSR count). The molecule has 2 N–H and O–H groups in total. The number of fused-ring (bicyclic) bond motifs is 1. The van der Waals surface area contributed by atoms with Gasteiger partial charge in [-0.15, -0.1) is 0 Å². The Balaban J connectivity index is 1.45. The van der Waals surface area contributed by atoms with Crippen LogP contribution in [0.5, 0.6) is 11.5 Å². The van der Waals surface area contributed by atoms with Crippen molar-refractivity contribution >= 4 is 54.6 Å². The summed E-state index contributed by atoms with van der Waals surface area (Å²) in [7, 11) is -7.70. The lowest BCUT2D eigenvalue weighted by molar-refractivity contribution is -0.114. The summed E-state index contributed by atoms with van der Waals surface area (Å²) in [6, 6.07) is 14.8. The summed E-state index contributed by atoms with van der Waals surface area (Å²) in [5.74, 6) is 0.229. The molecule has 0 radical (unpaired) electrons. The normalized spacial score (nSPS) is 12.8. The maximum Gasteiger partial charge on any atom is 0.261 e. The third-order valence-electron chi connectivity index (χ3n) is 5.20. The number of aryl methyl sites for hydroxylation is 1. The molecule has 1 aliphatic rings. The van der Waals surface area contributed by atoms with Gasteiger partial charge in [0, 0.05) is 16.8 Å². The highest BCUT2D eigenvalue weighted by Gasteiger charge is 2.24. The van der Waals surface area contributed by atoms with Crippen LogP contribution in [0.2, 0.25) is 5.02 Å². The van der Waals surface area contributed by atoms with E-state index in [1.54, 1.807) is 25.1 Å². The number of rotatable bonds is 8. The number of nitrogens with zero attached hydrogens (tertiary/aromatic N) is 1. The molecule has 0 saturated carbocycles.